The van der Waals surface area contributed by atoms with Crippen LogP contribution in [0.4, 0.5) is 17.3 Å². The number of hydrogen-bond acceptors (Lipinski definition) is 7. The molecule has 3 heterocycles. The number of halogens is 1. The molecule has 3 aromatic rings. The highest BCUT2D eigenvalue weighted by Crippen LogP contribution is 2.40. The van der Waals surface area contributed by atoms with Crippen LogP contribution in [0.25, 0.3) is 0 Å². The zero-order valence-electron chi connectivity index (χ0n) is 23.7. The van der Waals surface area contributed by atoms with E-state index in [1.165, 1.54) is 18.4 Å². The summed E-state index contributed by atoms with van der Waals surface area (Å²) in [6.07, 6.45) is 5.60. The minimum Gasteiger partial charge on any atom is -0.495 e. The quantitative estimate of drug-likeness (QED) is 0.300. The number of carbonyl (C=O) groups is 1. The molecule has 8 nitrogen and oxygen atoms in total. The van der Waals surface area contributed by atoms with Gasteiger partial charge in [-0.2, -0.15) is 0 Å². The Kier molecular flexibility index (Phi) is 8.73. The third-order valence-corrected chi connectivity index (χ3v) is 8.76. The van der Waals surface area contributed by atoms with Gasteiger partial charge in [-0.25, -0.2) is 9.97 Å². The zero-order valence-corrected chi connectivity index (χ0v) is 25.3. The third-order valence-electron chi connectivity index (χ3n) is 8.10. The third kappa shape index (κ3) is 6.01. The van der Waals surface area contributed by atoms with E-state index in [2.05, 4.69) is 60.7 Å². The van der Waals surface area contributed by atoms with Gasteiger partial charge in [0.05, 0.1) is 35.0 Å². The number of benzene rings is 2. The first-order valence-electron chi connectivity index (χ1n) is 13.9. The van der Waals surface area contributed by atoms with Crippen LogP contribution >= 0.6 is 15.9 Å². The Morgan fingerprint density at radius 3 is 2.85 bits per heavy atom. The Morgan fingerprint density at radius 2 is 2.05 bits per heavy atom. The van der Waals surface area contributed by atoms with Gasteiger partial charge in [0.2, 0.25) is 11.9 Å². The Labute approximate surface area is 245 Å². The number of carbonyl (C=O) groups excluding carboxylic acids is 1. The number of rotatable bonds is 10. The molecular formula is C31H38BrN5O3. The number of piperidine rings is 1. The molecule has 1 unspecified atom stereocenters. The number of anilines is 3. The molecule has 2 aliphatic heterocycles. The number of methoxy groups -OCH3 is 2. The van der Waals surface area contributed by atoms with Crippen molar-refractivity contribution in [3.05, 3.63) is 69.5 Å². The summed E-state index contributed by atoms with van der Waals surface area (Å²) in [6, 6.07) is 12.5. The first-order valence-corrected chi connectivity index (χ1v) is 14.7. The molecule has 0 radical (unpaired) electrons. The van der Waals surface area contributed by atoms with E-state index in [1.807, 2.05) is 26.0 Å². The minimum atomic E-state index is -0.551. The maximum absolute atomic E-state index is 12.5. The summed E-state index contributed by atoms with van der Waals surface area (Å²) >= 11 is 3.63. The molecule has 2 N–H and O–H groups in total. The van der Waals surface area contributed by atoms with Gasteiger partial charge in [-0.1, -0.05) is 18.2 Å². The van der Waals surface area contributed by atoms with Crippen molar-refractivity contribution >= 4 is 39.2 Å². The number of amides is 1. The van der Waals surface area contributed by atoms with Crippen molar-refractivity contribution in [2.45, 2.75) is 50.9 Å². The van der Waals surface area contributed by atoms with E-state index >= 15 is 0 Å². The molecule has 2 aromatic carbocycles. The second-order valence-corrected chi connectivity index (χ2v) is 12.0. The van der Waals surface area contributed by atoms with Crippen molar-refractivity contribution in [1.82, 2.24) is 14.9 Å². The molecule has 0 spiro atoms. The number of fused-ring (bicyclic) bond motifs is 1. The molecule has 5 rings (SSSR count). The van der Waals surface area contributed by atoms with Gasteiger partial charge in [0.15, 0.2) is 0 Å². The lowest BCUT2D eigenvalue weighted by Crippen LogP contribution is -2.36. The van der Waals surface area contributed by atoms with Gasteiger partial charge in [0.25, 0.3) is 0 Å². The Hall–Kier alpha value is -3.01. The average molecular weight is 609 g/mol. The number of nitrogens with zero attached hydrogens (tertiary/aromatic N) is 3. The van der Waals surface area contributed by atoms with Gasteiger partial charge < -0.3 is 25.0 Å². The van der Waals surface area contributed by atoms with E-state index in [-0.39, 0.29) is 5.91 Å². The highest BCUT2D eigenvalue weighted by molar-refractivity contribution is 9.10. The number of likely N-dealkylation sites (tertiary alicyclic amines) is 1. The van der Waals surface area contributed by atoms with Crippen LogP contribution in [0.2, 0.25) is 0 Å². The lowest BCUT2D eigenvalue weighted by molar-refractivity contribution is -0.119. The van der Waals surface area contributed by atoms with Gasteiger partial charge in [0, 0.05) is 32.1 Å². The molecule has 1 saturated heterocycles. The maximum Gasteiger partial charge on any atom is 0.234 e. The van der Waals surface area contributed by atoms with Crippen LogP contribution in [0.15, 0.2) is 47.1 Å². The van der Waals surface area contributed by atoms with Crippen molar-refractivity contribution in [3.8, 4) is 5.75 Å². The SMILES string of the molecule is COCCN1CCCC(c2ccc(Nc3ncc(Br)c(CCc4cccc5c4C(C)(C)C(=O)N5)n3)c(OC)c2)C1. The fourth-order valence-electron chi connectivity index (χ4n) is 5.87. The molecule has 1 aromatic heterocycles. The molecule has 0 saturated carbocycles. The number of hydrogen-bond donors (Lipinski definition) is 2. The van der Waals surface area contributed by atoms with E-state index in [0.29, 0.717) is 18.3 Å². The monoisotopic (exact) mass is 607 g/mol. The van der Waals surface area contributed by atoms with E-state index < -0.39 is 5.41 Å². The standard InChI is InChI=1S/C31H38BrN5O3/c1-31(2)28-20(7-5-9-26(28)34-29(31)38)10-12-24-23(32)18-33-30(35-24)36-25-13-11-21(17-27(25)40-4)22-8-6-14-37(19-22)15-16-39-3/h5,7,9,11,13,17-18,22H,6,8,10,12,14-16,19H2,1-4H3,(H,34,38)(H,33,35,36). The fraction of sp³-hybridized carbons (Fsp3) is 0.452. The number of ether oxygens (including phenoxy) is 2. The normalized spacial score (nSPS) is 18.3. The van der Waals surface area contributed by atoms with E-state index in [0.717, 1.165) is 71.1 Å². The zero-order chi connectivity index (χ0) is 28.3. The summed E-state index contributed by atoms with van der Waals surface area (Å²) in [5, 5.41) is 6.38. The van der Waals surface area contributed by atoms with Crippen molar-refractivity contribution in [1.29, 1.82) is 0 Å². The summed E-state index contributed by atoms with van der Waals surface area (Å²) in [6.45, 7) is 7.84. The highest BCUT2D eigenvalue weighted by Gasteiger charge is 2.39. The molecule has 212 valence electrons. The summed E-state index contributed by atoms with van der Waals surface area (Å²) in [5.41, 5.74) is 5.60. The van der Waals surface area contributed by atoms with Crippen LogP contribution in [-0.2, 0) is 27.8 Å². The number of nitrogens with one attached hydrogen (secondary N) is 2. The van der Waals surface area contributed by atoms with Gasteiger partial charge >= 0.3 is 0 Å². The van der Waals surface area contributed by atoms with Crippen molar-refractivity contribution < 1.29 is 14.3 Å². The summed E-state index contributed by atoms with van der Waals surface area (Å²) in [5.74, 6) is 1.80. The average Bonchev–Trinajstić information content (AvgIpc) is 3.20. The van der Waals surface area contributed by atoms with Gasteiger partial charge in [-0.3, -0.25) is 4.79 Å². The number of aromatic nitrogens is 2. The molecule has 2 aliphatic rings. The number of aryl methyl sites for hydroxylation is 2. The molecule has 1 atom stereocenters. The predicted octanol–water partition coefficient (Wildman–Crippen LogP) is 5.83. The topological polar surface area (TPSA) is 88.6 Å². The molecule has 0 bridgehead atoms. The van der Waals surface area contributed by atoms with Gasteiger partial charge in [-0.05, 0) is 103 Å². The van der Waals surface area contributed by atoms with E-state index in [9.17, 15) is 4.79 Å². The molecule has 40 heavy (non-hydrogen) atoms. The lowest BCUT2D eigenvalue weighted by atomic mass is 9.82. The van der Waals surface area contributed by atoms with Crippen LogP contribution in [0, 0.1) is 0 Å². The van der Waals surface area contributed by atoms with E-state index in [1.54, 1.807) is 20.4 Å². The van der Waals surface area contributed by atoms with Gasteiger partial charge in [0.1, 0.15) is 5.75 Å². The minimum absolute atomic E-state index is 0.0384. The van der Waals surface area contributed by atoms with E-state index in [4.69, 9.17) is 14.5 Å². The van der Waals surface area contributed by atoms with Crippen LogP contribution in [0.3, 0.4) is 0 Å². The summed E-state index contributed by atoms with van der Waals surface area (Å²) in [7, 11) is 3.45. The summed E-state index contributed by atoms with van der Waals surface area (Å²) < 4.78 is 11.9. The second-order valence-electron chi connectivity index (χ2n) is 11.1. The van der Waals surface area contributed by atoms with Crippen molar-refractivity contribution in [2.24, 2.45) is 0 Å². The molecule has 0 aliphatic carbocycles. The maximum atomic E-state index is 12.5. The molecule has 1 fully saturated rings. The van der Waals surface area contributed by atoms with Gasteiger partial charge in [-0.15, -0.1) is 0 Å². The first-order chi connectivity index (χ1) is 19.3. The Balaban J connectivity index is 1.30. The largest absolute Gasteiger partial charge is 0.495 e. The van der Waals surface area contributed by atoms with Crippen molar-refractivity contribution in [2.75, 3.05) is 51.1 Å². The fourth-order valence-corrected chi connectivity index (χ4v) is 6.26. The first kappa shape index (κ1) is 28.5. The predicted molar refractivity (Wildman–Crippen MR) is 162 cm³/mol. The second kappa shape index (κ2) is 12.2. The Morgan fingerprint density at radius 1 is 1.20 bits per heavy atom. The van der Waals surface area contributed by atoms with Crippen LogP contribution in [0.5, 0.6) is 5.75 Å². The van der Waals surface area contributed by atoms with Crippen LogP contribution < -0.4 is 15.4 Å². The molecule has 9 heteroatoms. The highest BCUT2D eigenvalue weighted by atomic mass is 79.9. The smallest absolute Gasteiger partial charge is 0.234 e. The summed E-state index contributed by atoms with van der Waals surface area (Å²) in [4.78, 5) is 24.3. The molecule has 1 amide bonds. The lowest BCUT2D eigenvalue weighted by Gasteiger charge is -2.33. The Bertz CT molecular complexity index is 1380. The van der Waals surface area contributed by atoms with Crippen LogP contribution in [0.1, 0.15) is 55.0 Å². The van der Waals surface area contributed by atoms with Crippen molar-refractivity contribution in [3.63, 3.8) is 0 Å². The van der Waals surface area contributed by atoms with Crippen LogP contribution in [-0.4, -0.2) is 61.2 Å². The molecular weight excluding hydrogens is 570 g/mol.